The number of nitrogens with zero attached hydrogens (tertiary/aromatic N) is 2. The molecule has 1 aliphatic heterocycles. The Bertz CT molecular complexity index is 507. The molecule has 7 heteroatoms. The number of rotatable bonds is 1. The first-order chi connectivity index (χ1) is 8.13. The largest absolute Gasteiger partial charge is 0.479 e. The third kappa shape index (κ3) is 3.04. The summed E-state index contributed by atoms with van der Waals surface area (Å²) in [6.45, 7) is 6.01. The third-order valence-electron chi connectivity index (χ3n) is 2.12. The molecule has 96 valence electrons. The van der Waals surface area contributed by atoms with Gasteiger partial charge in [-0.15, -0.1) is 5.54 Å². The first kappa shape index (κ1) is 14.1. The molecule has 0 bridgehead atoms. The Kier molecular flexibility index (Phi) is 3.72. The minimum absolute atomic E-state index is 0.0365. The van der Waals surface area contributed by atoms with Crippen LogP contribution >= 0.6 is 0 Å². The monoisotopic (exact) mass is 266 g/mol. The van der Waals surface area contributed by atoms with E-state index in [0.29, 0.717) is 0 Å². The number of carboxylic acids is 1. The number of likely N-dealkylation sites (N-methyl/N-ethyl adjacent to an activating group) is 1. The van der Waals surface area contributed by atoms with Gasteiger partial charge in [-0.3, -0.25) is 14.5 Å². The zero-order valence-corrected chi connectivity index (χ0v) is 11.6. The number of carboxylic acid groups (broad SMARTS) is 1. The van der Waals surface area contributed by atoms with Crippen molar-refractivity contribution in [3.63, 3.8) is 0 Å². The summed E-state index contributed by atoms with van der Waals surface area (Å²) in [5.74, 6) is -0.631. The van der Waals surface area contributed by atoms with E-state index in [1.165, 1.54) is 7.05 Å². The van der Waals surface area contributed by atoms with Crippen LogP contribution < -0.4 is 0 Å². The van der Waals surface area contributed by atoms with Crippen molar-refractivity contribution in [3.05, 3.63) is 0 Å². The van der Waals surface area contributed by atoms with Crippen molar-refractivity contribution in [3.8, 4) is 11.5 Å². The molecule has 18 heavy (non-hydrogen) atoms. The molecule has 0 fully saturated rings. The second kappa shape index (κ2) is 4.74. The lowest BCUT2D eigenvalue weighted by atomic mass is 10.1. The van der Waals surface area contributed by atoms with Crippen molar-refractivity contribution in [1.29, 1.82) is 0 Å². The number of hydrogen-bond donors (Lipinski definition) is 1. The van der Waals surface area contributed by atoms with Gasteiger partial charge in [0.05, 0.1) is 0 Å². The van der Waals surface area contributed by atoms with Crippen LogP contribution in [0.2, 0.25) is 19.6 Å². The van der Waals surface area contributed by atoms with Crippen LogP contribution in [0.4, 0.5) is 0 Å². The molecular weight excluding hydrogens is 252 g/mol. The fourth-order valence-corrected chi connectivity index (χ4v) is 1.66. The molecule has 0 aromatic heterocycles. The van der Waals surface area contributed by atoms with Gasteiger partial charge in [0, 0.05) is 7.05 Å². The first-order valence-corrected chi connectivity index (χ1v) is 8.79. The highest BCUT2D eigenvalue weighted by atomic mass is 28.3. The first-order valence-electron chi connectivity index (χ1n) is 5.29. The van der Waals surface area contributed by atoms with Crippen molar-refractivity contribution >= 4 is 31.6 Å². The molecule has 1 amide bonds. The molecule has 1 heterocycles. The molecule has 0 aromatic rings. The molecular formula is C11H14N2O4Si. The smallest absolute Gasteiger partial charge is 0.336 e. The van der Waals surface area contributed by atoms with Crippen LogP contribution in [0.5, 0.6) is 0 Å². The number of carbonyl (C=O) groups is 3. The zero-order valence-electron chi connectivity index (χ0n) is 10.6. The lowest BCUT2D eigenvalue weighted by molar-refractivity contribution is -0.149. The number of ketones is 1. The van der Waals surface area contributed by atoms with Gasteiger partial charge in [-0.2, -0.15) is 0 Å². The summed E-state index contributed by atoms with van der Waals surface area (Å²) in [4.78, 5) is 38.5. The fraction of sp³-hybridized carbons (Fsp3) is 0.455. The van der Waals surface area contributed by atoms with Gasteiger partial charge in [-0.25, -0.2) is 9.79 Å². The van der Waals surface area contributed by atoms with E-state index in [-0.39, 0.29) is 5.84 Å². The molecule has 1 aliphatic rings. The maximum atomic E-state index is 11.6. The SMILES string of the molecule is CN1C(=O)C(=O)C(C(=O)O)N=C1C#C[Si](C)(C)C. The van der Waals surface area contributed by atoms with Gasteiger partial charge in [0.2, 0.25) is 6.04 Å². The summed E-state index contributed by atoms with van der Waals surface area (Å²) in [7, 11) is -0.314. The number of amides is 1. The van der Waals surface area contributed by atoms with Gasteiger partial charge < -0.3 is 5.11 Å². The van der Waals surface area contributed by atoms with Crippen LogP contribution in [0.1, 0.15) is 0 Å². The molecule has 0 radical (unpaired) electrons. The Morgan fingerprint density at radius 1 is 1.39 bits per heavy atom. The molecule has 1 atom stereocenters. The van der Waals surface area contributed by atoms with Crippen molar-refractivity contribution in [1.82, 2.24) is 4.90 Å². The van der Waals surface area contributed by atoms with E-state index in [9.17, 15) is 14.4 Å². The number of Topliss-reactive ketones (excluding diaryl/α,β-unsaturated/α-hetero) is 1. The predicted octanol–water partition coefficient (Wildman–Crippen LogP) is -0.240. The van der Waals surface area contributed by atoms with Crippen molar-refractivity contribution in [2.24, 2.45) is 4.99 Å². The lowest BCUT2D eigenvalue weighted by Gasteiger charge is -2.22. The summed E-state index contributed by atoms with van der Waals surface area (Å²) < 4.78 is 0. The average molecular weight is 266 g/mol. The van der Waals surface area contributed by atoms with E-state index < -0.39 is 31.8 Å². The second-order valence-electron chi connectivity index (χ2n) is 4.92. The Hall–Kier alpha value is -1.94. The van der Waals surface area contributed by atoms with Crippen LogP contribution in [-0.4, -0.2) is 54.7 Å². The summed E-state index contributed by atoms with van der Waals surface area (Å²) in [5, 5.41) is 8.82. The summed E-state index contributed by atoms with van der Waals surface area (Å²) >= 11 is 0. The zero-order chi connectivity index (χ0) is 14.1. The quantitative estimate of drug-likeness (QED) is 0.307. The Morgan fingerprint density at radius 3 is 2.39 bits per heavy atom. The molecule has 0 spiro atoms. The molecule has 1 unspecified atom stereocenters. The van der Waals surface area contributed by atoms with Gasteiger partial charge in [0.25, 0.3) is 11.7 Å². The Balaban J connectivity index is 3.19. The highest BCUT2D eigenvalue weighted by Gasteiger charge is 2.39. The molecule has 0 saturated heterocycles. The molecule has 0 aliphatic carbocycles. The summed E-state index contributed by atoms with van der Waals surface area (Å²) in [6.07, 6.45) is 0. The van der Waals surface area contributed by atoms with Crippen LogP contribution in [0.15, 0.2) is 4.99 Å². The van der Waals surface area contributed by atoms with Gasteiger partial charge in [-0.05, 0) is 5.92 Å². The predicted molar refractivity (Wildman–Crippen MR) is 67.8 cm³/mol. The number of carbonyl (C=O) groups excluding carboxylic acids is 2. The molecule has 0 aromatic carbocycles. The highest BCUT2D eigenvalue weighted by Crippen LogP contribution is 2.08. The van der Waals surface area contributed by atoms with E-state index in [1.807, 2.05) is 19.6 Å². The summed E-state index contributed by atoms with van der Waals surface area (Å²) in [5.41, 5.74) is 2.98. The number of aliphatic imine (C=N–C) groups is 1. The van der Waals surface area contributed by atoms with E-state index in [1.54, 1.807) is 0 Å². The second-order valence-corrected chi connectivity index (χ2v) is 9.67. The van der Waals surface area contributed by atoms with Crippen LogP contribution in [0.25, 0.3) is 0 Å². The maximum absolute atomic E-state index is 11.6. The highest BCUT2D eigenvalue weighted by molar-refractivity contribution is 6.84. The Morgan fingerprint density at radius 2 is 1.94 bits per heavy atom. The topological polar surface area (TPSA) is 87.0 Å². The fourth-order valence-electron chi connectivity index (χ4n) is 1.17. The lowest BCUT2D eigenvalue weighted by Crippen LogP contribution is -2.49. The van der Waals surface area contributed by atoms with E-state index in [4.69, 9.17) is 5.11 Å². The van der Waals surface area contributed by atoms with Crippen molar-refractivity contribution < 1.29 is 19.5 Å². The van der Waals surface area contributed by atoms with E-state index in [2.05, 4.69) is 16.5 Å². The van der Waals surface area contributed by atoms with E-state index >= 15 is 0 Å². The van der Waals surface area contributed by atoms with Gasteiger partial charge in [-0.1, -0.05) is 19.6 Å². The van der Waals surface area contributed by atoms with Gasteiger partial charge in [0.1, 0.15) is 8.07 Å². The number of hydrogen-bond acceptors (Lipinski definition) is 4. The number of aliphatic carboxylic acids is 1. The molecule has 1 N–H and O–H groups in total. The molecule has 0 saturated carbocycles. The average Bonchev–Trinajstić information content (AvgIpc) is 2.23. The van der Waals surface area contributed by atoms with Gasteiger partial charge in [0.15, 0.2) is 5.84 Å². The summed E-state index contributed by atoms with van der Waals surface area (Å²) in [6, 6.07) is -1.67. The van der Waals surface area contributed by atoms with Crippen molar-refractivity contribution in [2.45, 2.75) is 25.7 Å². The minimum atomic E-state index is -1.67. The van der Waals surface area contributed by atoms with Gasteiger partial charge >= 0.3 is 5.97 Å². The maximum Gasteiger partial charge on any atom is 0.336 e. The Labute approximate surface area is 106 Å². The minimum Gasteiger partial charge on any atom is -0.479 e. The molecule has 1 rings (SSSR count). The third-order valence-corrected chi connectivity index (χ3v) is 2.99. The standard InChI is InChI=1S/C11H14N2O4Si/c1-13-7(5-6-18(2,3)4)12-8(11(16)17)9(14)10(13)15/h8H,1-4H3,(H,16,17). The number of amidine groups is 1. The van der Waals surface area contributed by atoms with E-state index in [0.717, 1.165) is 4.90 Å². The molecule has 6 nitrogen and oxygen atoms in total. The van der Waals surface area contributed by atoms with Crippen LogP contribution in [-0.2, 0) is 14.4 Å². The van der Waals surface area contributed by atoms with Crippen LogP contribution in [0, 0.1) is 11.5 Å². The van der Waals surface area contributed by atoms with Crippen molar-refractivity contribution in [2.75, 3.05) is 7.05 Å². The normalized spacial score (nSPS) is 20.1. The van der Waals surface area contributed by atoms with Crippen LogP contribution in [0.3, 0.4) is 0 Å².